The molecule has 0 aliphatic heterocycles. The third-order valence-corrected chi connectivity index (χ3v) is 1.64. The Bertz CT molecular complexity index is 158. The molecule has 1 atom stereocenters. The number of rotatable bonds is 0. The molecule has 0 aromatic carbocycles. The Hall–Kier alpha value is -0.630. The molecule has 1 N–H and O–H groups in total. The van der Waals surface area contributed by atoms with E-state index in [2.05, 4.69) is 0 Å². The van der Waals surface area contributed by atoms with Crippen molar-refractivity contribution in [2.24, 2.45) is 0 Å². The summed E-state index contributed by atoms with van der Waals surface area (Å²) in [4.78, 5) is 10.8. The minimum atomic E-state index is -0.484. The lowest BCUT2D eigenvalue weighted by molar-refractivity contribution is -0.114. The molecule has 1 aliphatic rings. The molecule has 0 radical (unpaired) electrons. The molecular formula is C7H10O2. The van der Waals surface area contributed by atoms with Gasteiger partial charge in [0.2, 0.25) is 0 Å². The van der Waals surface area contributed by atoms with Crippen molar-refractivity contribution in [1.29, 1.82) is 0 Å². The zero-order chi connectivity index (χ0) is 6.85. The van der Waals surface area contributed by atoms with Gasteiger partial charge in [0.05, 0.1) is 6.10 Å². The van der Waals surface area contributed by atoms with Gasteiger partial charge in [-0.3, -0.25) is 4.79 Å². The number of hydrogen-bond acceptors (Lipinski definition) is 2. The molecule has 9 heavy (non-hydrogen) atoms. The second-order valence-corrected chi connectivity index (χ2v) is 2.22. The number of Topliss-reactive ketones (excluding diaryl/α,β-unsaturated/α-hetero) is 1. The van der Waals surface area contributed by atoms with Crippen molar-refractivity contribution in [3.05, 3.63) is 11.6 Å². The van der Waals surface area contributed by atoms with E-state index in [4.69, 9.17) is 5.11 Å². The van der Waals surface area contributed by atoms with E-state index in [1.807, 2.05) is 0 Å². The monoisotopic (exact) mass is 126 g/mol. The van der Waals surface area contributed by atoms with Crippen molar-refractivity contribution in [1.82, 2.24) is 0 Å². The van der Waals surface area contributed by atoms with Crippen LogP contribution in [0.3, 0.4) is 0 Å². The standard InChI is InChI=1S/C7H10O2/c1-2-5-6(8)3-4-7(5)9/h2,6,8H,3-4H2,1H3/b5-2-. The van der Waals surface area contributed by atoms with Crippen LogP contribution >= 0.6 is 0 Å². The minimum absolute atomic E-state index is 0.102. The van der Waals surface area contributed by atoms with Crippen molar-refractivity contribution in [3.8, 4) is 0 Å². The van der Waals surface area contributed by atoms with E-state index in [1.165, 1.54) is 0 Å². The lowest BCUT2D eigenvalue weighted by Gasteiger charge is -1.97. The average molecular weight is 126 g/mol. The van der Waals surface area contributed by atoms with Crippen LogP contribution in [-0.4, -0.2) is 17.0 Å². The minimum Gasteiger partial charge on any atom is -0.388 e. The maximum atomic E-state index is 10.8. The average Bonchev–Trinajstić information content (AvgIpc) is 2.12. The highest BCUT2D eigenvalue weighted by Gasteiger charge is 2.24. The van der Waals surface area contributed by atoms with E-state index in [-0.39, 0.29) is 5.78 Å². The van der Waals surface area contributed by atoms with Gasteiger partial charge in [0, 0.05) is 12.0 Å². The fourth-order valence-electron chi connectivity index (χ4n) is 1.11. The first-order chi connectivity index (χ1) is 4.25. The van der Waals surface area contributed by atoms with Crippen LogP contribution in [0, 0.1) is 0 Å². The van der Waals surface area contributed by atoms with Crippen molar-refractivity contribution in [3.63, 3.8) is 0 Å². The zero-order valence-electron chi connectivity index (χ0n) is 5.42. The molecule has 2 nitrogen and oxygen atoms in total. The first-order valence-electron chi connectivity index (χ1n) is 3.13. The Morgan fingerprint density at radius 3 is 2.67 bits per heavy atom. The molecular weight excluding hydrogens is 116 g/mol. The van der Waals surface area contributed by atoms with E-state index in [9.17, 15) is 4.79 Å². The summed E-state index contributed by atoms with van der Waals surface area (Å²) >= 11 is 0. The van der Waals surface area contributed by atoms with Crippen LogP contribution in [0.4, 0.5) is 0 Å². The smallest absolute Gasteiger partial charge is 0.161 e. The predicted octanol–water partition coefficient (Wildman–Crippen LogP) is 0.657. The highest BCUT2D eigenvalue weighted by molar-refractivity contribution is 5.98. The Kier molecular flexibility index (Phi) is 1.67. The van der Waals surface area contributed by atoms with Gasteiger partial charge in [-0.25, -0.2) is 0 Å². The van der Waals surface area contributed by atoms with Crippen molar-refractivity contribution in [2.45, 2.75) is 25.9 Å². The van der Waals surface area contributed by atoms with Crippen LogP contribution in [0.15, 0.2) is 11.6 Å². The van der Waals surface area contributed by atoms with E-state index in [0.29, 0.717) is 18.4 Å². The Morgan fingerprint density at radius 2 is 2.44 bits per heavy atom. The Labute approximate surface area is 54.2 Å². The van der Waals surface area contributed by atoms with Crippen molar-refractivity contribution < 1.29 is 9.90 Å². The third kappa shape index (κ3) is 1.03. The molecule has 50 valence electrons. The second-order valence-electron chi connectivity index (χ2n) is 2.22. The quantitative estimate of drug-likeness (QED) is 0.484. The van der Waals surface area contributed by atoms with Crippen LogP contribution < -0.4 is 0 Å². The largest absolute Gasteiger partial charge is 0.388 e. The van der Waals surface area contributed by atoms with Gasteiger partial charge in [0.15, 0.2) is 5.78 Å². The third-order valence-electron chi connectivity index (χ3n) is 1.64. The normalized spacial score (nSPS) is 32.0. The van der Waals surface area contributed by atoms with Gasteiger partial charge in [-0.15, -0.1) is 0 Å². The Morgan fingerprint density at radius 1 is 1.78 bits per heavy atom. The highest BCUT2D eigenvalue weighted by Crippen LogP contribution is 2.20. The summed E-state index contributed by atoms with van der Waals surface area (Å²) < 4.78 is 0. The number of hydrogen-bond donors (Lipinski definition) is 1. The van der Waals surface area contributed by atoms with Gasteiger partial charge in [-0.2, -0.15) is 0 Å². The summed E-state index contributed by atoms with van der Waals surface area (Å²) in [7, 11) is 0. The predicted molar refractivity (Wildman–Crippen MR) is 34.0 cm³/mol. The highest BCUT2D eigenvalue weighted by atomic mass is 16.3. The van der Waals surface area contributed by atoms with Gasteiger partial charge < -0.3 is 5.11 Å². The molecule has 0 saturated heterocycles. The zero-order valence-corrected chi connectivity index (χ0v) is 5.42. The fraction of sp³-hybridized carbons (Fsp3) is 0.571. The molecule has 0 heterocycles. The summed E-state index contributed by atoms with van der Waals surface area (Å²) in [5.41, 5.74) is 0.593. The van der Waals surface area contributed by atoms with Crippen LogP contribution in [0.5, 0.6) is 0 Å². The summed E-state index contributed by atoms with van der Waals surface area (Å²) in [5.74, 6) is 0.102. The molecule has 1 saturated carbocycles. The molecule has 1 unspecified atom stereocenters. The number of aliphatic hydroxyl groups is 1. The number of allylic oxidation sites excluding steroid dienone is 1. The lowest BCUT2D eigenvalue weighted by Crippen LogP contribution is -2.04. The molecule has 0 bridgehead atoms. The fourth-order valence-corrected chi connectivity index (χ4v) is 1.11. The topological polar surface area (TPSA) is 37.3 Å². The maximum Gasteiger partial charge on any atom is 0.161 e. The lowest BCUT2D eigenvalue weighted by atomic mass is 10.2. The SMILES string of the molecule is C/C=C1\C(=O)CCC1O. The van der Waals surface area contributed by atoms with E-state index in [0.717, 1.165) is 0 Å². The molecule has 0 aromatic rings. The molecule has 1 fully saturated rings. The second kappa shape index (κ2) is 2.31. The molecule has 1 rings (SSSR count). The first kappa shape index (κ1) is 6.49. The molecule has 2 heteroatoms. The first-order valence-corrected chi connectivity index (χ1v) is 3.13. The summed E-state index contributed by atoms with van der Waals surface area (Å²) in [6, 6.07) is 0. The Balaban J connectivity index is 2.78. The summed E-state index contributed by atoms with van der Waals surface area (Å²) in [5, 5.41) is 9.07. The number of aliphatic hydroxyl groups excluding tert-OH is 1. The molecule has 0 spiro atoms. The van der Waals surface area contributed by atoms with Crippen LogP contribution in [0.1, 0.15) is 19.8 Å². The van der Waals surface area contributed by atoms with Gasteiger partial charge >= 0.3 is 0 Å². The van der Waals surface area contributed by atoms with Crippen LogP contribution in [0.25, 0.3) is 0 Å². The van der Waals surface area contributed by atoms with E-state index in [1.54, 1.807) is 13.0 Å². The van der Waals surface area contributed by atoms with Gasteiger partial charge in [-0.1, -0.05) is 6.08 Å². The molecule has 0 amide bonds. The number of ketones is 1. The van der Waals surface area contributed by atoms with Crippen molar-refractivity contribution >= 4 is 5.78 Å². The summed E-state index contributed by atoms with van der Waals surface area (Å²) in [6.45, 7) is 1.78. The number of carbonyl (C=O) groups excluding carboxylic acids is 1. The van der Waals surface area contributed by atoms with Gasteiger partial charge in [0.1, 0.15) is 0 Å². The van der Waals surface area contributed by atoms with E-state index >= 15 is 0 Å². The van der Waals surface area contributed by atoms with E-state index < -0.39 is 6.10 Å². The van der Waals surface area contributed by atoms with Gasteiger partial charge in [-0.05, 0) is 13.3 Å². The van der Waals surface area contributed by atoms with Crippen LogP contribution in [-0.2, 0) is 4.79 Å². The molecule has 1 aliphatic carbocycles. The van der Waals surface area contributed by atoms with Crippen LogP contribution in [0.2, 0.25) is 0 Å². The maximum absolute atomic E-state index is 10.8. The number of carbonyl (C=O) groups is 1. The molecule has 0 aromatic heterocycles. The van der Waals surface area contributed by atoms with Gasteiger partial charge in [0.25, 0.3) is 0 Å². The summed E-state index contributed by atoms with van der Waals surface area (Å²) in [6.07, 6.45) is 2.34. The van der Waals surface area contributed by atoms with Crippen molar-refractivity contribution in [2.75, 3.05) is 0 Å².